The minimum absolute atomic E-state index is 0.387. The molecule has 3 rings (SSSR count). The molecule has 4 N–H and O–H groups in total. The van der Waals surface area contributed by atoms with E-state index in [9.17, 15) is 0 Å². The lowest BCUT2D eigenvalue weighted by Crippen LogP contribution is -2.14. The molecule has 0 aliphatic rings. The summed E-state index contributed by atoms with van der Waals surface area (Å²) in [6.07, 6.45) is 0.303. The molecule has 3 heteroatoms. The second kappa shape index (κ2) is 7.57. The number of anilines is 1. The summed E-state index contributed by atoms with van der Waals surface area (Å²) in [5.74, 6) is 0. The van der Waals surface area contributed by atoms with Crippen LogP contribution in [0.4, 0.5) is 5.69 Å². The molecular weight excluding hydrogens is 294 g/mol. The largest absolute Gasteiger partial charge is 0.399 e. The first-order valence-corrected chi connectivity index (χ1v) is 7.99. The van der Waals surface area contributed by atoms with E-state index in [0.717, 1.165) is 28.1 Å². The molecule has 0 heterocycles. The molecule has 0 bridgehead atoms. The van der Waals surface area contributed by atoms with Crippen molar-refractivity contribution in [3.8, 4) is 0 Å². The van der Waals surface area contributed by atoms with Gasteiger partial charge in [0.15, 0.2) is 0 Å². The Hall–Kier alpha value is -2.91. The number of nitrogens with zero attached hydrogens (tertiary/aromatic N) is 1. The van der Waals surface area contributed by atoms with Crippen LogP contribution in [0.5, 0.6) is 0 Å². The molecule has 0 saturated carbocycles. The average Bonchev–Trinajstić information content (AvgIpc) is 2.63. The van der Waals surface area contributed by atoms with Crippen LogP contribution in [0.2, 0.25) is 0 Å². The van der Waals surface area contributed by atoms with E-state index in [1.165, 1.54) is 0 Å². The minimum atomic E-state index is -0.387. The monoisotopic (exact) mass is 315 g/mol. The van der Waals surface area contributed by atoms with Gasteiger partial charge in [0.1, 0.15) is 6.17 Å². The maximum absolute atomic E-state index is 6.30. The van der Waals surface area contributed by atoms with Gasteiger partial charge in [0.25, 0.3) is 0 Å². The summed E-state index contributed by atoms with van der Waals surface area (Å²) in [5, 5.41) is 0. The Morgan fingerprint density at radius 3 is 2.17 bits per heavy atom. The lowest BCUT2D eigenvalue weighted by Gasteiger charge is -2.13. The fourth-order valence-corrected chi connectivity index (χ4v) is 2.64. The number of hydrogen-bond donors (Lipinski definition) is 2. The van der Waals surface area contributed by atoms with Gasteiger partial charge in [-0.25, -0.2) is 0 Å². The molecule has 3 nitrogen and oxygen atoms in total. The SMILES string of the molecule is Nc1cccc(CC(=NC(N)c2ccccc2)c2ccccc2)c1. The van der Waals surface area contributed by atoms with Crippen molar-refractivity contribution in [2.45, 2.75) is 12.6 Å². The number of benzene rings is 3. The molecule has 0 spiro atoms. The van der Waals surface area contributed by atoms with E-state index in [1.54, 1.807) is 0 Å². The Balaban J connectivity index is 1.94. The molecule has 1 atom stereocenters. The number of rotatable bonds is 5. The van der Waals surface area contributed by atoms with Gasteiger partial charge in [-0.1, -0.05) is 72.8 Å². The smallest absolute Gasteiger partial charge is 0.123 e. The van der Waals surface area contributed by atoms with Crippen LogP contribution < -0.4 is 11.5 Å². The van der Waals surface area contributed by atoms with Crippen LogP contribution >= 0.6 is 0 Å². The summed E-state index contributed by atoms with van der Waals surface area (Å²) < 4.78 is 0. The minimum Gasteiger partial charge on any atom is -0.399 e. The highest BCUT2D eigenvalue weighted by Crippen LogP contribution is 2.16. The zero-order valence-corrected chi connectivity index (χ0v) is 13.5. The first kappa shape index (κ1) is 16.0. The molecule has 3 aromatic carbocycles. The van der Waals surface area contributed by atoms with E-state index in [2.05, 4.69) is 18.2 Å². The van der Waals surface area contributed by atoms with E-state index in [0.29, 0.717) is 6.42 Å². The first-order valence-electron chi connectivity index (χ1n) is 7.99. The third kappa shape index (κ3) is 4.09. The van der Waals surface area contributed by atoms with E-state index in [4.69, 9.17) is 16.5 Å². The number of hydrogen-bond acceptors (Lipinski definition) is 3. The van der Waals surface area contributed by atoms with Crippen LogP contribution in [0, 0.1) is 0 Å². The summed E-state index contributed by atoms with van der Waals surface area (Å²) in [5.41, 5.74) is 17.1. The molecule has 0 aliphatic heterocycles. The van der Waals surface area contributed by atoms with Gasteiger partial charge in [0.2, 0.25) is 0 Å². The fourth-order valence-electron chi connectivity index (χ4n) is 2.64. The zero-order valence-electron chi connectivity index (χ0n) is 13.5. The summed E-state index contributed by atoms with van der Waals surface area (Å²) >= 11 is 0. The van der Waals surface area contributed by atoms with Gasteiger partial charge in [-0.15, -0.1) is 0 Å². The van der Waals surface area contributed by atoms with E-state index in [1.807, 2.05) is 66.7 Å². The molecule has 120 valence electrons. The highest BCUT2D eigenvalue weighted by Gasteiger charge is 2.09. The predicted octanol–water partition coefficient (Wildman–Crippen LogP) is 3.96. The fraction of sp³-hybridized carbons (Fsp3) is 0.0952. The molecular formula is C21H21N3. The quantitative estimate of drug-likeness (QED) is 0.553. The van der Waals surface area contributed by atoms with Crippen LogP contribution in [0.15, 0.2) is 89.9 Å². The molecule has 24 heavy (non-hydrogen) atoms. The van der Waals surface area contributed by atoms with Gasteiger partial charge >= 0.3 is 0 Å². The number of nitrogen functional groups attached to an aromatic ring is 1. The van der Waals surface area contributed by atoms with Crippen molar-refractivity contribution >= 4 is 11.4 Å². The van der Waals surface area contributed by atoms with Crippen molar-refractivity contribution in [2.75, 3.05) is 5.73 Å². The first-order chi connectivity index (χ1) is 11.7. The normalized spacial score (nSPS) is 12.8. The lowest BCUT2D eigenvalue weighted by molar-refractivity contribution is 0.773. The van der Waals surface area contributed by atoms with Gasteiger partial charge in [-0.05, 0) is 28.8 Å². The molecule has 0 fully saturated rings. The Kier molecular flexibility index (Phi) is 5.04. The molecule has 0 aromatic heterocycles. The summed E-state index contributed by atoms with van der Waals surface area (Å²) in [4.78, 5) is 4.80. The number of nitrogens with two attached hydrogens (primary N) is 2. The van der Waals surface area contributed by atoms with Crippen molar-refractivity contribution in [1.82, 2.24) is 0 Å². The van der Waals surface area contributed by atoms with Gasteiger partial charge in [0, 0.05) is 17.8 Å². The Morgan fingerprint density at radius 2 is 1.50 bits per heavy atom. The van der Waals surface area contributed by atoms with Crippen LogP contribution in [-0.4, -0.2) is 5.71 Å². The highest BCUT2D eigenvalue weighted by molar-refractivity contribution is 6.02. The maximum Gasteiger partial charge on any atom is 0.123 e. The van der Waals surface area contributed by atoms with Gasteiger partial charge in [0.05, 0.1) is 0 Å². The Labute approximate surface area is 142 Å². The van der Waals surface area contributed by atoms with E-state index < -0.39 is 0 Å². The third-order valence-electron chi connectivity index (χ3n) is 3.87. The van der Waals surface area contributed by atoms with Crippen LogP contribution in [0.3, 0.4) is 0 Å². The highest BCUT2D eigenvalue weighted by atomic mass is 14.9. The molecule has 0 radical (unpaired) electrons. The van der Waals surface area contributed by atoms with Crippen molar-refractivity contribution in [2.24, 2.45) is 10.7 Å². The van der Waals surface area contributed by atoms with Crippen LogP contribution in [0.25, 0.3) is 0 Å². The van der Waals surface area contributed by atoms with Gasteiger partial charge in [-0.2, -0.15) is 0 Å². The third-order valence-corrected chi connectivity index (χ3v) is 3.87. The molecule has 0 amide bonds. The zero-order chi connectivity index (χ0) is 16.8. The van der Waals surface area contributed by atoms with Crippen molar-refractivity contribution in [3.05, 3.63) is 102 Å². The van der Waals surface area contributed by atoms with Gasteiger partial charge in [-0.3, -0.25) is 4.99 Å². The van der Waals surface area contributed by atoms with Crippen LogP contribution in [-0.2, 0) is 6.42 Å². The summed E-state index contributed by atoms with van der Waals surface area (Å²) in [6.45, 7) is 0. The summed E-state index contributed by atoms with van der Waals surface area (Å²) in [6, 6.07) is 28.0. The number of aliphatic imine (C=N–C) groups is 1. The average molecular weight is 315 g/mol. The second-order valence-corrected chi connectivity index (χ2v) is 5.72. The van der Waals surface area contributed by atoms with E-state index >= 15 is 0 Å². The van der Waals surface area contributed by atoms with E-state index in [-0.39, 0.29) is 6.17 Å². The predicted molar refractivity (Wildman–Crippen MR) is 101 cm³/mol. The van der Waals surface area contributed by atoms with Crippen LogP contribution in [0.1, 0.15) is 22.9 Å². The lowest BCUT2D eigenvalue weighted by atomic mass is 10.0. The second-order valence-electron chi connectivity index (χ2n) is 5.72. The van der Waals surface area contributed by atoms with Crippen molar-refractivity contribution < 1.29 is 0 Å². The van der Waals surface area contributed by atoms with Gasteiger partial charge < -0.3 is 11.5 Å². The Bertz CT molecular complexity index is 811. The van der Waals surface area contributed by atoms with Crippen molar-refractivity contribution in [1.29, 1.82) is 0 Å². The molecule has 0 saturated heterocycles. The molecule has 1 unspecified atom stereocenters. The standard InChI is InChI=1S/C21H21N3/c22-19-13-7-8-16(14-19)15-20(17-9-3-1-4-10-17)24-21(23)18-11-5-2-6-12-18/h1-14,21H,15,22-23H2. The van der Waals surface area contributed by atoms with Crippen molar-refractivity contribution in [3.63, 3.8) is 0 Å². The summed E-state index contributed by atoms with van der Waals surface area (Å²) in [7, 11) is 0. The topological polar surface area (TPSA) is 64.4 Å². The molecule has 3 aromatic rings. The Morgan fingerprint density at radius 1 is 0.833 bits per heavy atom. The maximum atomic E-state index is 6.30. The molecule has 0 aliphatic carbocycles.